The molecule has 0 spiro atoms. The number of carbonyl (C=O) groups excluding carboxylic acids is 1. The van der Waals surface area contributed by atoms with Crippen molar-refractivity contribution in [2.45, 2.75) is 138 Å². The lowest BCUT2D eigenvalue weighted by Gasteiger charge is -2.58. The normalized spacial score (nSPS) is 34.2. The van der Waals surface area contributed by atoms with Crippen molar-refractivity contribution in [3.63, 3.8) is 0 Å². The van der Waals surface area contributed by atoms with Gasteiger partial charge in [0.15, 0.2) is 0 Å². The second-order valence-electron chi connectivity index (χ2n) is 16.6. The SMILES string of the molecule is CCC(Cc1c(I)cc(I)c(N)c1I)C(=O)O[C@H]1CC[C@@]2(C)C(=CC[C@H]3[C@@H]4CC[C@H]([C@H](C)CC[C@@H](CC)C(C)C)[C@@]4(C)CC[C@@H]32)C1. The molecule has 10 atom stereocenters. The Kier molecular flexibility index (Phi) is 12.6. The van der Waals surface area contributed by atoms with Crippen LogP contribution in [-0.4, -0.2) is 12.1 Å². The molecule has 0 saturated heterocycles. The Morgan fingerprint density at radius 2 is 1.72 bits per heavy atom. The van der Waals surface area contributed by atoms with E-state index in [2.05, 4.69) is 128 Å². The number of rotatable bonds is 11. The summed E-state index contributed by atoms with van der Waals surface area (Å²) in [4.78, 5) is 13.6. The molecule has 46 heavy (non-hydrogen) atoms. The van der Waals surface area contributed by atoms with E-state index in [1.165, 1.54) is 60.5 Å². The van der Waals surface area contributed by atoms with E-state index in [4.69, 9.17) is 10.5 Å². The fraction of sp³-hybridized carbons (Fsp3) is 0.775. The summed E-state index contributed by atoms with van der Waals surface area (Å²) in [7, 11) is 0. The van der Waals surface area contributed by atoms with Crippen LogP contribution in [0.4, 0.5) is 5.69 Å². The van der Waals surface area contributed by atoms with Crippen molar-refractivity contribution in [1.82, 2.24) is 0 Å². The van der Waals surface area contributed by atoms with Crippen LogP contribution in [0, 0.1) is 68.9 Å². The van der Waals surface area contributed by atoms with Crippen LogP contribution >= 0.6 is 67.8 Å². The highest BCUT2D eigenvalue weighted by Gasteiger charge is 2.59. The molecule has 1 aromatic carbocycles. The zero-order valence-electron chi connectivity index (χ0n) is 29.6. The van der Waals surface area contributed by atoms with Crippen molar-refractivity contribution in [2.75, 3.05) is 5.73 Å². The van der Waals surface area contributed by atoms with Crippen LogP contribution in [0.5, 0.6) is 0 Å². The van der Waals surface area contributed by atoms with E-state index in [1.807, 2.05) is 0 Å². The van der Waals surface area contributed by atoms with E-state index in [1.54, 1.807) is 5.57 Å². The van der Waals surface area contributed by atoms with Gasteiger partial charge in [0.1, 0.15) is 6.10 Å². The summed E-state index contributed by atoms with van der Waals surface area (Å²) in [5.74, 6) is 5.77. The minimum absolute atomic E-state index is 0.0145. The minimum atomic E-state index is -0.133. The number of ether oxygens (including phenoxy) is 1. The molecule has 0 radical (unpaired) electrons. The maximum Gasteiger partial charge on any atom is 0.309 e. The van der Waals surface area contributed by atoms with Crippen molar-refractivity contribution in [2.24, 2.45) is 58.2 Å². The fourth-order valence-electron chi connectivity index (χ4n) is 11.1. The van der Waals surface area contributed by atoms with Crippen LogP contribution in [0.15, 0.2) is 17.7 Å². The van der Waals surface area contributed by atoms with Gasteiger partial charge in [-0.3, -0.25) is 4.79 Å². The van der Waals surface area contributed by atoms with E-state index in [9.17, 15) is 4.79 Å². The lowest BCUT2D eigenvalue weighted by atomic mass is 9.47. The van der Waals surface area contributed by atoms with Gasteiger partial charge in [0.2, 0.25) is 0 Å². The number of anilines is 1. The summed E-state index contributed by atoms with van der Waals surface area (Å²) in [6.45, 7) is 17.2. The zero-order chi connectivity index (χ0) is 33.6. The molecular weight excluding hydrogens is 907 g/mol. The molecule has 3 fully saturated rings. The number of nitrogens with two attached hydrogens (primary N) is 1. The van der Waals surface area contributed by atoms with Gasteiger partial charge in [-0.05, 0) is 196 Å². The largest absolute Gasteiger partial charge is 0.462 e. The maximum atomic E-state index is 13.6. The van der Waals surface area contributed by atoms with Crippen LogP contribution < -0.4 is 5.73 Å². The summed E-state index contributed by atoms with van der Waals surface area (Å²) in [6, 6.07) is 2.13. The number of allylic oxidation sites excluding steroid dienone is 1. The van der Waals surface area contributed by atoms with Gasteiger partial charge in [-0.2, -0.15) is 0 Å². The molecule has 1 unspecified atom stereocenters. The molecule has 0 heterocycles. The first kappa shape index (κ1) is 37.7. The molecular formula is C40H60I3NO2. The molecule has 3 saturated carbocycles. The van der Waals surface area contributed by atoms with Crippen LogP contribution in [-0.2, 0) is 16.0 Å². The molecule has 6 heteroatoms. The standard InChI is InChI=1S/C40H60I3NO2/c1-8-25(23(3)4)11-10-24(5)31-14-15-32-29-13-12-27-21-28(16-18-39(27,6)33(29)17-19-40(31,32)7)46-38(45)26(9-2)20-30-34(41)22-35(42)37(44)36(30)43/h12,22-26,28-29,31-33H,8-11,13-21,44H2,1-7H3/t24-,25-,26?,28+,29+,31-,32+,33+,39+,40-/m1/s1. The van der Waals surface area contributed by atoms with Crippen molar-refractivity contribution >= 4 is 79.4 Å². The number of halogens is 3. The molecule has 2 N–H and O–H groups in total. The predicted molar refractivity (Wildman–Crippen MR) is 219 cm³/mol. The third-order valence-corrected chi connectivity index (χ3v) is 17.2. The number of hydrogen-bond acceptors (Lipinski definition) is 3. The smallest absolute Gasteiger partial charge is 0.309 e. The molecule has 5 rings (SSSR count). The Balaban J connectivity index is 1.23. The summed E-state index contributed by atoms with van der Waals surface area (Å²) >= 11 is 7.04. The van der Waals surface area contributed by atoms with Gasteiger partial charge < -0.3 is 10.5 Å². The number of hydrogen-bond donors (Lipinski definition) is 1. The lowest BCUT2D eigenvalue weighted by molar-refractivity contribution is -0.156. The van der Waals surface area contributed by atoms with E-state index in [0.717, 1.165) is 79.9 Å². The van der Waals surface area contributed by atoms with Gasteiger partial charge >= 0.3 is 5.97 Å². The number of carbonyl (C=O) groups is 1. The van der Waals surface area contributed by atoms with Gasteiger partial charge in [0.25, 0.3) is 0 Å². The van der Waals surface area contributed by atoms with E-state index in [-0.39, 0.29) is 23.4 Å². The molecule has 4 aliphatic carbocycles. The average molecular weight is 968 g/mol. The van der Waals surface area contributed by atoms with Crippen LogP contribution in [0.3, 0.4) is 0 Å². The number of fused-ring (bicyclic) bond motifs is 5. The van der Waals surface area contributed by atoms with E-state index < -0.39 is 0 Å². The molecule has 0 aliphatic heterocycles. The van der Waals surface area contributed by atoms with Gasteiger partial charge in [0.05, 0.1) is 11.6 Å². The highest BCUT2D eigenvalue weighted by Crippen LogP contribution is 2.67. The van der Waals surface area contributed by atoms with Crippen LogP contribution in [0.25, 0.3) is 0 Å². The van der Waals surface area contributed by atoms with Crippen LogP contribution in [0.2, 0.25) is 0 Å². The fourth-order valence-corrected chi connectivity index (χ4v) is 14.9. The topological polar surface area (TPSA) is 52.3 Å². The highest BCUT2D eigenvalue weighted by molar-refractivity contribution is 14.1. The Bertz CT molecular complexity index is 1290. The van der Waals surface area contributed by atoms with E-state index >= 15 is 0 Å². The molecule has 1 aromatic rings. The highest BCUT2D eigenvalue weighted by atomic mass is 127. The van der Waals surface area contributed by atoms with Gasteiger partial charge in [-0.25, -0.2) is 0 Å². The third-order valence-electron chi connectivity index (χ3n) is 14.1. The molecule has 258 valence electrons. The molecule has 4 aliphatic rings. The first-order valence-electron chi connectivity index (χ1n) is 18.6. The first-order chi connectivity index (χ1) is 21.7. The van der Waals surface area contributed by atoms with Crippen molar-refractivity contribution in [3.05, 3.63) is 34.0 Å². The summed E-state index contributed by atoms with van der Waals surface area (Å²) in [5.41, 5.74) is 10.8. The lowest BCUT2D eigenvalue weighted by Crippen LogP contribution is -2.51. The molecule has 0 aromatic heterocycles. The minimum Gasteiger partial charge on any atom is -0.462 e. The third kappa shape index (κ3) is 7.26. The second-order valence-corrected chi connectivity index (χ2v) is 20.0. The maximum absolute atomic E-state index is 13.6. The van der Waals surface area contributed by atoms with E-state index in [0.29, 0.717) is 11.8 Å². The van der Waals surface area contributed by atoms with Gasteiger partial charge in [-0.1, -0.05) is 73.0 Å². The monoisotopic (exact) mass is 967 g/mol. The predicted octanol–water partition coefficient (Wildman–Crippen LogP) is 12.2. The first-order valence-corrected chi connectivity index (χ1v) is 21.8. The van der Waals surface area contributed by atoms with Crippen LogP contribution in [0.1, 0.15) is 131 Å². The number of esters is 1. The summed E-state index contributed by atoms with van der Waals surface area (Å²) < 4.78 is 9.69. The quantitative estimate of drug-likeness (QED) is 0.104. The Morgan fingerprint density at radius 3 is 2.39 bits per heavy atom. The van der Waals surface area contributed by atoms with Crippen molar-refractivity contribution < 1.29 is 9.53 Å². The average Bonchev–Trinajstić information content (AvgIpc) is 3.37. The molecule has 3 nitrogen and oxygen atoms in total. The summed E-state index contributed by atoms with van der Waals surface area (Å²) in [5, 5.41) is 0. The van der Waals surface area contributed by atoms with Gasteiger partial charge in [-0.15, -0.1) is 0 Å². The Hall–Kier alpha value is 0.420. The van der Waals surface area contributed by atoms with Crippen molar-refractivity contribution in [1.29, 1.82) is 0 Å². The van der Waals surface area contributed by atoms with Crippen molar-refractivity contribution in [3.8, 4) is 0 Å². The Labute approximate surface area is 322 Å². The molecule has 0 bridgehead atoms. The number of benzene rings is 1. The van der Waals surface area contributed by atoms with Gasteiger partial charge in [0, 0.05) is 17.1 Å². The number of nitrogen functional groups attached to an aromatic ring is 1. The zero-order valence-corrected chi connectivity index (χ0v) is 36.0. The molecule has 0 amide bonds. The summed E-state index contributed by atoms with van der Waals surface area (Å²) in [6.07, 6.45) is 18.3. The second kappa shape index (κ2) is 15.3. The Morgan fingerprint density at radius 1 is 0.978 bits per heavy atom.